The van der Waals surface area contributed by atoms with Crippen molar-refractivity contribution in [2.24, 2.45) is 17.8 Å². The summed E-state index contributed by atoms with van der Waals surface area (Å²) in [6.45, 7) is 0. The predicted octanol–water partition coefficient (Wildman–Crippen LogP) is 3.26. The summed E-state index contributed by atoms with van der Waals surface area (Å²) in [7, 11) is -0.303. The quantitative estimate of drug-likeness (QED) is 0.607. The summed E-state index contributed by atoms with van der Waals surface area (Å²) < 4.78 is 0.848. The van der Waals surface area contributed by atoms with E-state index in [1.165, 1.54) is 0 Å². The molecule has 2 unspecified atom stereocenters. The molecular weight excluding hydrogens is 176 g/mol. The van der Waals surface area contributed by atoms with E-state index in [0.29, 0.717) is 0 Å². The van der Waals surface area contributed by atoms with Crippen molar-refractivity contribution in [2.75, 3.05) is 18.8 Å². The molecule has 0 amide bonds. The van der Waals surface area contributed by atoms with Gasteiger partial charge in [-0.25, -0.2) is 10.0 Å². The van der Waals surface area contributed by atoms with Crippen LogP contribution in [0.2, 0.25) is 0 Å². The van der Waals surface area contributed by atoms with Crippen LogP contribution < -0.4 is 0 Å². The number of rotatable bonds is 1. The van der Waals surface area contributed by atoms with Gasteiger partial charge in [0.15, 0.2) is 0 Å². The molecule has 1 heteroatoms. The van der Waals surface area contributed by atoms with E-state index in [4.69, 9.17) is 0 Å². The van der Waals surface area contributed by atoms with E-state index in [0.717, 1.165) is 22.5 Å². The van der Waals surface area contributed by atoms with Crippen LogP contribution in [0, 0.1) is 17.8 Å². The van der Waals surface area contributed by atoms with Crippen LogP contribution in [0.3, 0.4) is 0 Å². The first-order valence-electron chi connectivity index (χ1n) is 5.69. The van der Waals surface area contributed by atoms with E-state index < -0.39 is 0 Å². The Bertz CT molecular complexity index is 224. The van der Waals surface area contributed by atoms with Crippen molar-refractivity contribution in [2.45, 2.75) is 36.9 Å². The van der Waals surface area contributed by atoms with Crippen molar-refractivity contribution in [1.82, 2.24) is 0 Å². The maximum absolute atomic E-state index is 2.57. The maximum atomic E-state index is 2.57. The minimum atomic E-state index is -0.303. The standard InChI is InChI=1S/C12H22S/c1-13(2,3)12-7-9-4-10(8-12)6-11(12)5-9/h9-11H,4-8H2,1-3H3. The summed E-state index contributed by atoms with van der Waals surface area (Å²) >= 11 is 0. The molecule has 4 bridgehead atoms. The molecule has 4 saturated carbocycles. The van der Waals surface area contributed by atoms with Gasteiger partial charge in [0.05, 0.1) is 0 Å². The van der Waals surface area contributed by atoms with Crippen molar-refractivity contribution >= 4 is 10.0 Å². The van der Waals surface area contributed by atoms with Gasteiger partial charge in [-0.3, -0.25) is 0 Å². The lowest BCUT2D eigenvalue weighted by molar-refractivity contribution is 0.282. The van der Waals surface area contributed by atoms with E-state index in [9.17, 15) is 0 Å². The largest absolute Gasteiger partial charge is 0.244 e. The molecular formula is C12H22S. The van der Waals surface area contributed by atoms with Crippen molar-refractivity contribution in [1.29, 1.82) is 0 Å². The zero-order valence-corrected chi connectivity index (χ0v) is 9.99. The zero-order valence-electron chi connectivity index (χ0n) is 9.18. The number of hydrogen-bond acceptors (Lipinski definition) is 0. The first-order chi connectivity index (χ1) is 6.01. The molecule has 0 aromatic rings. The molecule has 4 fully saturated rings. The lowest BCUT2D eigenvalue weighted by Gasteiger charge is -2.49. The van der Waals surface area contributed by atoms with Crippen LogP contribution in [0.15, 0.2) is 0 Å². The Morgan fingerprint density at radius 3 is 1.85 bits per heavy atom. The van der Waals surface area contributed by atoms with E-state index in [2.05, 4.69) is 18.8 Å². The average molecular weight is 198 g/mol. The monoisotopic (exact) mass is 198 g/mol. The first-order valence-corrected chi connectivity index (χ1v) is 8.55. The summed E-state index contributed by atoms with van der Waals surface area (Å²) in [6.07, 6.45) is 15.7. The van der Waals surface area contributed by atoms with Crippen LogP contribution in [-0.2, 0) is 0 Å². The fraction of sp³-hybridized carbons (Fsp3) is 1.00. The highest BCUT2D eigenvalue weighted by Gasteiger charge is 2.60. The van der Waals surface area contributed by atoms with Gasteiger partial charge in [-0.2, -0.15) is 0 Å². The molecule has 0 aromatic heterocycles. The topological polar surface area (TPSA) is 0 Å². The fourth-order valence-electron chi connectivity index (χ4n) is 4.72. The van der Waals surface area contributed by atoms with Crippen LogP contribution in [-0.4, -0.2) is 23.5 Å². The molecule has 0 radical (unpaired) electrons. The molecule has 0 nitrogen and oxygen atoms in total. The van der Waals surface area contributed by atoms with Crippen LogP contribution in [0.25, 0.3) is 0 Å². The Kier molecular flexibility index (Phi) is 1.52. The van der Waals surface area contributed by atoms with Gasteiger partial charge in [0, 0.05) is 4.75 Å². The lowest BCUT2D eigenvalue weighted by atomic mass is 9.82. The molecule has 0 N–H and O–H groups in total. The van der Waals surface area contributed by atoms with Gasteiger partial charge in [-0.05, 0) is 68.6 Å². The highest BCUT2D eigenvalue weighted by molar-refractivity contribution is 8.33. The molecule has 13 heavy (non-hydrogen) atoms. The molecule has 0 aromatic carbocycles. The second-order valence-corrected chi connectivity index (χ2v) is 10.9. The Hall–Kier alpha value is 0.350. The first kappa shape index (κ1) is 8.64. The second-order valence-electron chi connectivity index (χ2n) is 6.45. The van der Waals surface area contributed by atoms with Gasteiger partial charge in [0.25, 0.3) is 0 Å². The zero-order chi connectivity index (χ0) is 9.27. The lowest BCUT2D eigenvalue weighted by Crippen LogP contribution is -2.35. The Morgan fingerprint density at radius 2 is 1.46 bits per heavy atom. The molecule has 2 atom stereocenters. The average Bonchev–Trinajstić information content (AvgIpc) is 2.35. The van der Waals surface area contributed by atoms with Gasteiger partial charge < -0.3 is 0 Å². The summed E-state index contributed by atoms with van der Waals surface area (Å²) in [5, 5.41) is 0. The molecule has 76 valence electrons. The minimum Gasteiger partial charge on any atom is -0.244 e. The molecule has 4 aliphatic rings. The molecule has 4 aliphatic carbocycles. The van der Waals surface area contributed by atoms with Gasteiger partial charge in [-0.15, -0.1) is 0 Å². The molecule has 4 rings (SSSR count). The Labute approximate surface area is 83.8 Å². The number of hydrogen-bond donors (Lipinski definition) is 0. The molecule has 0 heterocycles. The van der Waals surface area contributed by atoms with E-state index in [1.807, 2.05) is 0 Å². The molecule has 0 saturated heterocycles. The highest BCUT2D eigenvalue weighted by atomic mass is 32.3. The molecule has 0 spiro atoms. The summed E-state index contributed by atoms with van der Waals surface area (Å²) in [5.74, 6) is 3.43. The third-order valence-corrected chi connectivity index (χ3v) is 8.24. The van der Waals surface area contributed by atoms with E-state index in [-0.39, 0.29) is 10.0 Å². The summed E-state index contributed by atoms with van der Waals surface area (Å²) in [5.41, 5.74) is 0. The Morgan fingerprint density at radius 1 is 0.923 bits per heavy atom. The van der Waals surface area contributed by atoms with Gasteiger partial charge >= 0.3 is 0 Å². The van der Waals surface area contributed by atoms with Crippen LogP contribution >= 0.6 is 10.0 Å². The minimum absolute atomic E-state index is 0.303. The third-order valence-electron chi connectivity index (χ3n) is 5.13. The third kappa shape index (κ3) is 0.948. The van der Waals surface area contributed by atoms with Crippen LogP contribution in [0.4, 0.5) is 0 Å². The SMILES string of the molecule is CS(C)(C)C12CC3CC(CC1C3)C2. The van der Waals surface area contributed by atoms with Crippen molar-refractivity contribution in [3.63, 3.8) is 0 Å². The van der Waals surface area contributed by atoms with Gasteiger partial charge in [-0.1, -0.05) is 0 Å². The highest BCUT2D eigenvalue weighted by Crippen LogP contribution is 2.73. The Balaban J connectivity index is 2.01. The normalized spacial score (nSPS) is 54.5. The van der Waals surface area contributed by atoms with E-state index >= 15 is 0 Å². The smallest absolute Gasteiger partial charge is 0.00290 e. The van der Waals surface area contributed by atoms with Gasteiger partial charge in [0.2, 0.25) is 0 Å². The van der Waals surface area contributed by atoms with Crippen LogP contribution in [0.1, 0.15) is 32.1 Å². The van der Waals surface area contributed by atoms with Crippen molar-refractivity contribution in [3.8, 4) is 0 Å². The maximum Gasteiger partial charge on any atom is 0.00290 e. The summed E-state index contributed by atoms with van der Waals surface area (Å²) in [4.78, 5) is 0. The summed E-state index contributed by atoms with van der Waals surface area (Å²) in [6, 6.07) is 0. The van der Waals surface area contributed by atoms with Gasteiger partial charge in [0.1, 0.15) is 0 Å². The fourth-order valence-corrected chi connectivity index (χ4v) is 7.39. The van der Waals surface area contributed by atoms with Crippen LogP contribution in [0.5, 0.6) is 0 Å². The molecule has 0 aliphatic heterocycles. The van der Waals surface area contributed by atoms with Crippen molar-refractivity contribution < 1.29 is 0 Å². The second kappa shape index (κ2) is 2.29. The van der Waals surface area contributed by atoms with E-state index in [1.54, 1.807) is 32.1 Å². The predicted molar refractivity (Wildman–Crippen MR) is 61.6 cm³/mol. The van der Waals surface area contributed by atoms with Crippen molar-refractivity contribution in [3.05, 3.63) is 0 Å².